The van der Waals surface area contributed by atoms with Gasteiger partial charge in [-0.25, -0.2) is 0 Å². The molecule has 0 aliphatic carbocycles. The molecule has 0 aromatic heterocycles. The quantitative estimate of drug-likeness (QED) is 0.0261. The van der Waals surface area contributed by atoms with E-state index in [2.05, 4.69) is 130 Å². The van der Waals surface area contributed by atoms with Crippen LogP contribution < -0.4 is 0 Å². The summed E-state index contributed by atoms with van der Waals surface area (Å²) in [4.78, 5) is 38.3. The lowest BCUT2D eigenvalue weighted by Crippen LogP contribution is -2.30. The molecule has 0 saturated heterocycles. The number of esters is 3. The third-order valence-corrected chi connectivity index (χ3v) is 14.2. The van der Waals surface area contributed by atoms with Gasteiger partial charge >= 0.3 is 17.9 Å². The lowest BCUT2D eigenvalue weighted by molar-refractivity contribution is -0.166. The van der Waals surface area contributed by atoms with Gasteiger partial charge in [0.05, 0.1) is 6.42 Å². The smallest absolute Gasteiger partial charge is 0.309 e. The van der Waals surface area contributed by atoms with Crippen LogP contribution in [-0.4, -0.2) is 37.2 Å². The van der Waals surface area contributed by atoms with E-state index in [1.807, 2.05) is 6.08 Å². The maximum atomic E-state index is 12.9. The van der Waals surface area contributed by atoms with Gasteiger partial charge in [0.2, 0.25) is 0 Å². The summed E-state index contributed by atoms with van der Waals surface area (Å²) in [5, 5.41) is 0. The van der Waals surface area contributed by atoms with E-state index >= 15 is 0 Å². The molecule has 0 bridgehead atoms. The van der Waals surface area contributed by atoms with Crippen LogP contribution in [0.4, 0.5) is 0 Å². The standard InChI is InChI=1S/C74H124O6/c1-4-7-10-13-16-19-22-25-28-30-31-32-33-34-35-36-37-38-39-40-41-42-43-44-47-49-52-55-58-61-64-67-73(76)79-70-71(69-78-72(75)66-63-60-57-54-51-48-45-27-24-21-18-15-12-9-6-3)80-74(77)68-65-62-59-56-53-50-46-29-26-23-20-17-14-11-8-5-2/h7,9-10,12,16,18-19,21,25,27-29,31-32,45-46,51,54,60,63,71H,4-6,8,11,13-15,17,20,22-24,26,30,33-44,47-50,52-53,55-59,61-62,64-70H2,1-3H3/b10-7-,12-9-,19-16-,21-18-,28-25-,32-31-,45-27-,46-29-,54-51-,63-60-. The van der Waals surface area contributed by atoms with Crippen molar-refractivity contribution in [3.05, 3.63) is 122 Å². The predicted molar refractivity (Wildman–Crippen MR) is 348 cm³/mol. The first-order valence-corrected chi connectivity index (χ1v) is 33.5. The van der Waals surface area contributed by atoms with Gasteiger partial charge in [-0.05, 0) is 109 Å². The SMILES string of the molecule is CC/C=C\C/C=C\C/C=C\C/C=C\C/C=C\CC(=O)OCC(COC(=O)CCCCCCCCCCCCCCCCCCCC/C=C\C/C=C\C/C=C\C/C=C\CC)OC(=O)CCCCCCC/C=C\CCCCCCCCC. The van der Waals surface area contributed by atoms with Gasteiger partial charge in [0, 0.05) is 12.8 Å². The lowest BCUT2D eigenvalue weighted by Gasteiger charge is -2.18. The van der Waals surface area contributed by atoms with Gasteiger partial charge in [-0.15, -0.1) is 0 Å². The van der Waals surface area contributed by atoms with Crippen molar-refractivity contribution in [1.82, 2.24) is 0 Å². The Balaban J connectivity index is 4.28. The maximum Gasteiger partial charge on any atom is 0.309 e. The van der Waals surface area contributed by atoms with Gasteiger partial charge in [0.25, 0.3) is 0 Å². The molecule has 0 radical (unpaired) electrons. The summed E-state index contributed by atoms with van der Waals surface area (Å²) in [6, 6.07) is 0. The molecule has 0 rings (SSSR count). The Kier molecular flexibility index (Phi) is 63.8. The van der Waals surface area contributed by atoms with Crippen LogP contribution in [0.3, 0.4) is 0 Å². The first kappa shape index (κ1) is 75.8. The van der Waals surface area contributed by atoms with Gasteiger partial charge in [0.1, 0.15) is 13.2 Å². The Bertz CT molecular complexity index is 1650. The van der Waals surface area contributed by atoms with Crippen molar-refractivity contribution in [2.24, 2.45) is 0 Å². The Morgan fingerprint density at radius 3 is 0.887 bits per heavy atom. The number of ether oxygens (including phenoxy) is 3. The highest BCUT2D eigenvalue weighted by Gasteiger charge is 2.19. The highest BCUT2D eigenvalue weighted by molar-refractivity contribution is 5.72. The van der Waals surface area contributed by atoms with Gasteiger partial charge in [0.15, 0.2) is 6.10 Å². The molecular weight excluding hydrogens is 985 g/mol. The minimum Gasteiger partial charge on any atom is -0.462 e. The molecule has 0 amide bonds. The maximum absolute atomic E-state index is 12.9. The molecule has 0 saturated carbocycles. The normalized spacial score (nSPS) is 12.9. The topological polar surface area (TPSA) is 78.9 Å². The van der Waals surface area contributed by atoms with Crippen LogP contribution in [0.15, 0.2) is 122 Å². The predicted octanol–water partition coefficient (Wildman–Crippen LogP) is 23.2. The fraction of sp³-hybridized carbons (Fsp3) is 0.689. The zero-order chi connectivity index (χ0) is 57.8. The number of carbonyl (C=O) groups excluding carboxylic acids is 3. The summed E-state index contributed by atoms with van der Waals surface area (Å²) in [6.45, 7) is 6.34. The highest BCUT2D eigenvalue weighted by Crippen LogP contribution is 2.17. The van der Waals surface area contributed by atoms with Crippen LogP contribution in [0.2, 0.25) is 0 Å². The molecule has 80 heavy (non-hydrogen) atoms. The van der Waals surface area contributed by atoms with E-state index in [-0.39, 0.29) is 31.6 Å². The van der Waals surface area contributed by atoms with Gasteiger partial charge in [-0.3, -0.25) is 14.4 Å². The number of rotatable bonds is 60. The highest BCUT2D eigenvalue weighted by atomic mass is 16.6. The molecule has 1 unspecified atom stereocenters. The summed E-state index contributed by atoms with van der Waals surface area (Å²) in [5.74, 6) is -1.04. The number of hydrogen-bond acceptors (Lipinski definition) is 6. The van der Waals surface area contributed by atoms with Crippen LogP contribution in [-0.2, 0) is 28.6 Å². The summed E-state index contributed by atoms with van der Waals surface area (Å²) in [5.41, 5.74) is 0. The molecular formula is C74H124O6. The molecule has 0 aliphatic heterocycles. The van der Waals surface area contributed by atoms with E-state index in [1.54, 1.807) is 6.08 Å². The third kappa shape index (κ3) is 64.6. The van der Waals surface area contributed by atoms with Crippen molar-refractivity contribution in [2.45, 2.75) is 316 Å². The molecule has 456 valence electrons. The van der Waals surface area contributed by atoms with E-state index in [0.29, 0.717) is 12.8 Å². The van der Waals surface area contributed by atoms with Gasteiger partial charge in [-0.1, -0.05) is 303 Å². The van der Waals surface area contributed by atoms with Crippen molar-refractivity contribution in [3.8, 4) is 0 Å². The molecule has 6 nitrogen and oxygen atoms in total. The average molecular weight is 1110 g/mol. The largest absolute Gasteiger partial charge is 0.462 e. The van der Waals surface area contributed by atoms with Crippen LogP contribution in [0.5, 0.6) is 0 Å². The minimum atomic E-state index is -0.824. The molecule has 0 aromatic rings. The van der Waals surface area contributed by atoms with Gasteiger partial charge < -0.3 is 14.2 Å². The van der Waals surface area contributed by atoms with E-state index in [0.717, 1.165) is 109 Å². The van der Waals surface area contributed by atoms with Crippen molar-refractivity contribution in [3.63, 3.8) is 0 Å². The fourth-order valence-electron chi connectivity index (χ4n) is 9.27. The van der Waals surface area contributed by atoms with Crippen LogP contribution in [0.1, 0.15) is 310 Å². The molecule has 0 aromatic carbocycles. The Morgan fingerprint density at radius 2 is 0.537 bits per heavy atom. The third-order valence-electron chi connectivity index (χ3n) is 14.2. The number of allylic oxidation sites excluding steroid dienone is 19. The van der Waals surface area contributed by atoms with Crippen molar-refractivity contribution in [1.29, 1.82) is 0 Å². The Morgan fingerprint density at radius 1 is 0.275 bits per heavy atom. The Hall–Kier alpha value is -4.19. The fourth-order valence-corrected chi connectivity index (χ4v) is 9.27. The zero-order valence-corrected chi connectivity index (χ0v) is 52.3. The molecule has 0 fully saturated rings. The first-order valence-electron chi connectivity index (χ1n) is 33.5. The molecule has 0 heterocycles. The second-order valence-corrected chi connectivity index (χ2v) is 22.0. The minimum absolute atomic E-state index is 0.111. The van der Waals surface area contributed by atoms with E-state index in [4.69, 9.17) is 14.2 Å². The number of carbonyl (C=O) groups is 3. The lowest BCUT2D eigenvalue weighted by atomic mass is 10.0. The number of unbranched alkanes of at least 4 members (excludes halogenated alkanes) is 30. The van der Waals surface area contributed by atoms with E-state index in [9.17, 15) is 14.4 Å². The summed E-state index contributed by atoms with van der Waals surface area (Å²) in [6.07, 6.45) is 94.0. The average Bonchev–Trinajstić information content (AvgIpc) is 3.46. The van der Waals surface area contributed by atoms with Crippen LogP contribution in [0, 0.1) is 0 Å². The van der Waals surface area contributed by atoms with E-state index < -0.39 is 12.1 Å². The Labute approximate surface area is 494 Å². The number of hydrogen-bond donors (Lipinski definition) is 0. The molecule has 0 spiro atoms. The van der Waals surface area contributed by atoms with Crippen LogP contribution >= 0.6 is 0 Å². The zero-order valence-electron chi connectivity index (χ0n) is 52.3. The summed E-state index contributed by atoms with van der Waals surface area (Å²) < 4.78 is 16.8. The van der Waals surface area contributed by atoms with Crippen LogP contribution in [0.25, 0.3) is 0 Å². The second kappa shape index (κ2) is 67.3. The van der Waals surface area contributed by atoms with Crippen molar-refractivity contribution >= 4 is 17.9 Å². The molecule has 1 atom stereocenters. The molecule has 0 aliphatic rings. The first-order chi connectivity index (χ1) is 39.5. The summed E-state index contributed by atoms with van der Waals surface area (Å²) >= 11 is 0. The molecule has 0 N–H and O–H groups in total. The second-order valence-electron chi connectivity index (χ2n) is 22.0. The monoisotopic (exact) mass is 1110 g/mol. The molecule has 6 heteroatoms. The van der Waals surface area contributed by atoms with Crippen molar-refractivity contribution in [2.75, 3.05) is 13.2 Å². The van der Waals surface area contributed by atoms with Gasteiger partial charge in [-0.2, -0.15) is 0 Å². The summed E-state index contributed by atoms with van der Waals surface area (Å²) in [7, 11) is 0. The van der Waals surface area contributed by atoms with E-state index in [1.165, 1.54) is 161 Å². The van der Waals surface area contributed by atoms with Crippen molar-refractivity contribution < 1.29 is 28.6 Å².